The van der Waals surface area contributed by atoms with Crippen LogP contribution in [0.2, 0.25) is 0 Å². The van der Waals surface area contributed by atoms with E-state index in [-0.39, 0.29) is 6.10 Å². The first-order valence-electron chi connectivity index (χ1n) is 6.00. The van der Waals surface area contributed by atoms with Crippen LogP contribution in [-0.4, -0.2) is 30.6 Å². The molecule has 1 atom stereocenters. The summed E-state index contributed by atoms with van der Waals surface area (Å²) in [5.41, 5.74) is 1.40. The summed E-state index contributed by atoms with van der Waals surface area (Å²) in [5, 5.41) is 0. The summed E-state index contributed by atoms with van der Waals surface area (Å²) >= 11 is 0. The molecule has 0 spiro atoms. The Kier molecular flexibility index (Phi) is 4.34. The monoisotopic (exact) mass is 220 g/mol. The van der Waals surface area contributed by atoms with Crippen molar-refractivity contribution in [3.63, 3.8) is 0 Å². The quantitative estimate of drug-likeness (QED) is 0.783. The van der Waals surface area contributed by atoms with Crippen LogP contribution in [0.3, 0.4) is 0 Å². The van der Waals surface area contributed by atoms with Gasteiger partial charge in [-0.05, 0) is 31.4 Å². The summed E-state index contributed by atoms with van der Waals surface area (Å²) in [5.74, 6) is 5.25. The second-order valence-electron chi connectivity index (χ2n) is 4.44. The van der Waals surface area contributed by atoms with Crippen LogP contribution < -0.4 is 5.90 Å². The van der Waals surface area contributed by atoms with E-state index >= 15 is 0 Å². The molecule has 1 aromatic rings. The van der Waals surface area contributed by atoms with E-state index in [1.165, 1.54) is 18.5 Å². The molecule has 2 N–H and O–H groups in total. The first-order valence-corrected chi connectivity index (χ1v) is 6.00. The lowest BCUT2D eigenvalue weighted by Gasteiger charge is -2.31. The summed E-state index contributed by atoms with van der Waals surface area (Å²) < 4.78 is 0. The molecular weight excluding hydrogens is 200 g/mol. The number of piperidine rings is 1. The van der Waals surface area contributed by atoms with Crippen LogP contribution in [0.15, 0.2) is 30.3 Å². The van der Waals surface area contributed by atoms with E-state index in [1.807, 2.05) is 0 Å². The fraction of sp³-hybridized carbons (Fsp3) is 0.538. The molecule has 1 aliphatic rings. The molecule has 1 unspecified atom stereocenters. The highest BCUT2D eigenvalue weighted by Gasteiger charge is 2.19. The number of benzene rings is 1. The Labute approximate surface area is 97.1 Å². The molecule has 2 rings (SSSR count). The predicted molar refractivity (Wildman–Crippen MR) is 64.9 cm³/mol. The van der Waals surface area contributed by atoms with Crippen LogP contribution in [0.5, 0.6) is 0 Å². The minimum absolute atomic E-state index is 0.226. The van der Waals surface area contributed by atoms with Crippen molar-refractivity contribution in [2.75, 3.05) is 19.6 Å². The van der Waals surface area contributed by atoms with Crippen LogP contribution in [-0.2, 0) is 11.3 Å². The maximum atomic E-state index is 5.25. The Morgan fingerprint density at radius 2 is 2.12 bits per heavy atom. The van der Waals surface area contributed by atoms with Gasteiger partial charge in [-0.3, -0.25) is 4.84 Å². The standard InChI is InChI=1S/C13H20N2O/c14-16-13-7-4-9-15(11-13)10-8-12-5-2-1-3-6-12/h1-3,5-6,13H,4,7-11,14H2. The lowest BCUT2D eigenvalue weighted by atomic mass is 10.1. The SMILES string of the molecule is NOC1CCCN(CCc2ccccc2)C1. The van der Waals surface area contributed by atoms with Gasteiger partial charge < -0.3 is 4.90 Å². The number of nitrogens with two attached hydrogens (primary N) is 1. The van der Waals surface area contributed by atoms with E-state index < -0.39 is 0 Å². The van der Waals surface area contributed by atoms with Crippen molar-refractivity contribution in [1.82, 2.24) is 4.90 Å². The maximum Gasteiger partial charge on any atom is 0.0914 e. The van der Waals surface area contributed by atoms with Crippen molar-refractivity contribution in [2.45, 2.75) is 25.4 Å². The minimum atomic E-state index is 0.226. The van der Waals surface area contributed by atoms with E-state index in [0.29, 0.717) is 0 Å². The maximum absolute atomic E-state index is 5.25. The first kappa shape index (κ1) is 11.6. The zero-order chi connectivity index (χ0) is 11.2. The fourth-order valence-corrected chi connectivity index (χ4v) is 2.26. The smallest absolute Gasteiger partial charge is 0.0914 e. The van der Waals surface area contributed by atoms with E-state index in [4.69, 9.17) is 10.7 Å². The number of rotatable bonds is 4. The van der Waals surface area contributed by atoms with Gasteiger partial charge in [0.25, 0.3) is 0 Å². The molecule has 0 saturated carbocycles. The molecule has 1 heterocycles. The Morgan fingerprint density at radius 3 is 2.88 bits per heavy atom. The molecule has 3 heteroatoms. The van der Waals surface area contributed by atoms with Crippen molar-refractivity contribution >= 4 is 0 Å². The molecule has 16 heavy (non-hydrogen) atoms. The predicted octanol–water partition coefficient (Wildman–Crippen LogP) is 1.58. The van der Waals surface area contributed by atoms with E-state index in [0.717, 1.165) is 25.9 Å². The highest BCUT2D eigenvalue weighted by molar-refractivity contribution is 5.14. The normalized spacial score (nSPS) is 22.2. The second kappa shape index (κ2) is 5.99. The van der Waals surface area contributed by atoms with Crippen LogP contribution in [0.25, 0.3) is 0 Å². The summed E-state index contributed by atoms with van der Waals surface area (Å²) in [4.78, 5) is 7.37. The van der Waals surface area contributed by atoms with E-state index in [2.05, 4.69) is 35.2 Å². The van der Waals surface area contributed by atoms with Crippen molar-refractivity contribution in [3.05, 3.63) is 35.9 Å². The molecule has 1 saturated heterocycles. The number of hydrogen-bond donors (Lipinski definition) is 1. The summed E-state index contributed by atoms with van der Waals surface area (Å²) in [6, 6.07) is 10.6. The lowest BCUT2D eigenvalue weighted by molar-refractivity contribution is -0.00109. The third-order valence-electron chi connectivity index (χ3n) is 3.21. The summed E-state index contributed by atoms with van der Waals surface area (Å²) in [6.45, 7) is 3.25. The Bertz CT molecular complexity index is 302. The van der Waals surface area contributed by atoms with Gasteiger partial charge in [-0.15, -0.1) is 0 Å². The zero-order valence-corrected chi connectivity index (χ0v) is 9.64. The van der Waals surface area contributed by atoms with E-state index in [1.54, 1.807) is 0 Å². The highest BCUT2D eigenvalue weighted by atomic mass is 16.6. The van der Waals surface area contributed by atoms with Crippen LogP contribution in [0, 0.1) is 0 Å². The third-order valence-corrected chi connectivity index (χ3v) is 3.21. The average Bonchev–Trinajstić information content (AvgIpc) is 2.38. The van der Waals surface area contributed by atoms with Crippen molar-refractivity contribution in [3.8, 4) is 0 Å². The van der Waals surface area contributed by atoms with Gasteiger partial charge in [0.05, 0.1) is 6.10 Å². The molecule has 1 fully saturated rings. The highest BCUT2D eigenvalue weighted by Crippen LogP contribution is 2.12. The Morgan fingerprint density at radius 1 is 1.31 bits per heavy atom. The van der Waals surface area contributed by atoms with Gasteiger partial charge in [0, 0.05) is 13.1 Å². The zero-order valence-electron chi connectivity index (χ0n) is 9.64. The Hall–Kier alpha value is -0.900. The molecule has 0 amide bonds. The van der Waals surface area contributed by atoms with Crippen molar-refractivity contribution < 1.29 is 4.84 Å². The molecule has 3 nitrogen and oxygen atoms in total. The minimum Gasteiger partial charge on any atom is -0.300 e. The van der Waals surface area contributed by atoms with Gasteiger partial charge in [0.1, 0.15) is 0 Å². The largest absolute Gasteiger partial charge is 0.300 e. The van der Waals surface area contributed by atoms with Crippen LogP contribution in [0.4, 0.5) is 0 Å². The van der Waals surface area contributed by atoms with E-state index in [9.17, 15) is 0 Å². The molecule has 0 bridgehead atoms. The molecule has 1 aliphatic heterocycles. The van der Waals surface area contributed by atoms with Gasteiger partial charge in [-0.1, -0.05) is 30.3 Å². The average molecular weight is 220 g/mol. The third kappa shape index (κ3) is 3.30. The summed E-state index contributed by atoms with van der Waals surface area (Å²) in [7, 11) is 0. The Balaban J connectivity index is 1.77. The first-order chi connectivity index (χ1) is 7.88. The van der Waals surface area contributed by atoms with Gasteiger partial charge in [-0.25, -0.2) is 5.90 Å². The van der Waals surface area contributed by atoms with Gasteiger partial charge in [0.15, 0.2) is 0 Å². The van der Waals surface area contributed by atoms with Gasteiger partial charge in [0.2, 0.25) is 0 Å². The number of likely N-dealkylation sites (tertiary alicyclic amines) is 1. The molecule has 0 radical (unpaired) electrons. The fourth-order valence-electron chi connectivity index (χ4n) is 2.26. The molecule has 0 aliphatic carbocycles. The molecular formula is C13H20N2O. The van der Waals surface area contributed by atoms with Crippen molar-refractivity contribution in [2.24, 2.45) is 5.90 Å². The molecule has 1 aromatic carbocycles. The number of hydrogen-bond acceptors (Lipinski definition) is 3. The van der Waals surface area contributed by atoms with Gasteiger partial charge >= 0.3 is 0 Å². The topological polar surface area (TPSA) is 38.5 Å². The number of nitrogens with zero attached hydrogens (tertiary/aromatic N) is 1. The summed E-state index contributed by atoms with van der Waals surface area (Å²) in [6.07, 6.45) is 3.62. The lowest BCUT2D eigenvalue weighted by Crippen LogP contribution is -2.41. The molecule has 0 aromatic heterocycles. The molecule has 88 valence electrons. The van der Waals surface area contributed by atoms with Crippen molar-refractivity contribution in [1.29, 1.82) is 0 Å². The van der Waals surface area contributed by atoms with Gasteiger partial charge in [-0.2, -0.15) is 0 Å². The second-order valence-corrected chi connectivity index (χ2v) is 4.44. The van der Waals surface area contributed by atoms with Crippen LogP contribution in [0.1, 0.15) is 18.4 Å². The van der Waals surface area contributed by atoms with Crippen LogP contribution >= 0.6 is 0 Å².